The summed E-state index contributed by atoms with van der Waals surface area (Å²) in [6, 6.07) is 0.0751. The largest absolute Gasteiger partial charge is 0.347 e. The first-order chi connectivity index (χ1) is 6.54. The molecule has 82 valence electrons. The van der Waals surface area contributed by atoms with Crippen molar-refractivity contribution in [2.75, 3.05) is 20.1 Å². The summed E-state index contributed by atoms with van der Waals surface area (Å²) in [4.78, 5) is 24.1. The Morgan fingerprint density at radius 1 is 1.50 bits per heavy atom. The zero-order valence-electron chi connectivity index (χ0n) is 9.04. The first kappa shape index (κ1) is 12.9. The number of nitrogens with two attached hydrogens (primary N) is 1. The molecule has 3 N–H and O–H groups in total. The lowest BCUT2D eigenvalue weighted by atomic mass is 10.2. The highest BCUT2D eigenvalue weighted by Crippen LogP contribution is 1.99. The highest BCUT2D eigenvalue weighted by molar-refractivity contribution is 6.34. The van der Waals surface area contributed by atoms with Crippen LogP contribution in [0.5, 0.6) is 0 Å². The quantitative estimate of drug-likeness (QED) is 0.592. The first-order valence-electron chi connectivity index (χ1n) is 4.79. The molecular formula is C9H19N3O2. The van der Waals surface area contributed by atoms with Gasteiger partial charge in [0.25, 0.3) is 0 Å². The second-order valence-corrected chi connectivity index (χ2v) is 3.22. The Bertz CT molecular complexity index is 206. The van der Waals surface area contributed by atoms with Crippen molar-refractivity contribution in [1.29, 1.82) is 0 Å². The number of nitrogens with zero attached hydrogens (tertiary/aromatic N) is 1. The van der Waals surface area contributed by atoms with Crippen LogP contribution >= 0.6 is 0 Å². The van der Waals surface area contributed by atoms with Crippen molar-refractivity contribution >= 4 is 11.8 Å². The van der Waals surface area contributed by atoms with Crippen LogP contribution in [0.2, 0.25) is 0 Å². The van der Waals surface area contributed by atoms with Crippen LogP contribution in [0.4, 0.5) is 0 Å². The Labute approximate surface area is 84.6 Å². The molecule has 0 aromatic carbocycles. The molecule has 0 rings (SSSR count). The van der Waals surface area contributed by atoms with Gasteiger partial charge in [-0.25, -0.2) is 0 Å². The van der Waals surface area contributed by atoms with Gasteiger partial charge in [0, 0.05) is 26.2 Å². The summed E-state index contributed by atoms with van der Waals surface area (Å²) in [5, 5.41) is 2.44. The minimum atomic E-state index is -0.585. The SMILES string of the molecule is CCC(C)N(C)C(=O)C(=O)NCCN. The van der Waals surface area contributed by atoms with Gasteiger partial charge in [-0.1, -0.05) is 6.92 Å². The van der Waals surface area contributed by atoms with Crippen molar-refractivity contribution in [3.63, 3.8) is 0 Å². The van der Waals surface area contributed by atoms with E-state index in [-0.39, 0.29) is 6.04 Å². The third-order valence-electron chi connectivity index (χ3n) is 2.20. The predicted molar refractivity (Wildman–Crippen MR) is 54.6 cm³/mol. The van der Waals surface area contributed by atoms with Crippen molar-refractivity contribution in [3.8, 4) is 0 Å². The highest BCUT2D eigenvalue weighted by atomic mass is 16.2. The van der Waals surface area contributed by atoms with E-state index in [9.17, 15) is 9.59 Å². The summed E-state index contributed by atoms with van der Waals surface area (Å²) in [6.07, 6.45) is 0.826. The molecule has 0 fully saturated rings. The second kappa shape index (κ2) is 6.37. The maximum Gasteiger partial charge on any atom is 0.311 e. The van der Waals surface area contributed by atoms with Crippen LogP contribution in [0.15, 0.2) is 0 Å². The van der Waals surface area contributed by atoms with Gasteiger partial charge in [0.2, 0.25) is 0 Å². The smallest absolute Gasteiger partial charge is 0.311 e. The van der Waals surface area contributed by atoms with E-state index < -0.39 is 11.8 Å². The minimum Gasteiger partial charge on any atom is -0.347 e. The fourth-order valence-corrected chi connectivity index (χ4v) is 0.896. The topological polar surface area (TPSA) is 75.4 Å². The molecule has 0 aromatic rings. The van der Waals surface area contributed by atoms with Gasteiger partial charge in [0.05, 0.1) is 0 Å². The average Bonchev–Trinajstić information content (AvgIpc) is 2.22. The molecule has 1 unspecified atom stereocenters. The van der Waals surface area contributed by atoms with Crippen molar-refractivity contribution in [3.05, 3.63) is 0 Å². The number of carbonyl (C=O) groups is 2. The van der Waals surface area contributed by atoms with Crippen molar-refractivity contribution in [1.82, 2.24) is 10.2 Å². The third-order valence-corrected chi connectivity index (χ3v) is 2.20. The highest BCUT2D eigenvalue weighted by Gasteiger charge is 2.20. The van der Waals surface area contributed by atoms with Crippen LogP contribution in [-0.2, 0) is 9.59 Å². The molecular weight excluding hydrogens is 182 g/mol. The van der Waals surface area contributed by atoms with Crippen LogP contribution in [-0.4, -0.2) is 42.9 Å². The molecule has 5 nitrogen and oxygen atoms in total. The van der Waals surface area contributed by atoms with E-state index in [0.717, 1.165) is 6.42 Å². The number of rotatable bonds is 4. The molecule has 0 aliphatic carbocycles. The zero-order valence-corrected chi connectivity index (χ0v) is 9.04. The van der Waals surface area contributed by atoms with Gasteiger partial charge in [0.15, 0.2) is 0 Å². The van der Waals surface area contributed by atoms with E-state index >= 15 is 0 Å². The summed E-state index contributed by atoms with van der Waals surface area (Å²) in [5.41, 5.74) is 5.20. The number of carbonyl (C=O) groups excluding carboxylic acids is 2. The summed E-state index contributed by atoms with van der Waals surface area (Å²) in [7, 11) is 1.62. The molecule has 0 radical (unpaired) electrons. The van der Waals surface area contributed by atoms with E-state index in [1.54, 1.807) is 7.05 Å². The van der Waals surface area contributed by atoms with E-state index in [4.69, 9.17) is 5.73 Å². The van der Waals surface area contributed by atoms with Gasteiger partial charge >= 0.3 is 11.8 Å². The van der Waals surface area contributed by atoms with E-state index in [2.05, 4.69) is 5.32 Å². The molecule has 0 saturated heterocycles. The standard InChI is InChI=1S/C9H19N3O2/c1-4-7(2)12(3)9(14)8(13)11-6-5-10/h7H,4-6,10H2,1-3H3,(H,11,13). The van der Waals surface area contributed by atoms with Crippen LogP contribution in [0.3, 0.4) is 0 Å². The van der Waals surface area contributed by atoms with Crippen LogP contribution in [0.1, 0.15) is 20.3 Å². The number of likely N-dealkylation sites (N-methyl/N-ethyl adjacent to an activating group) is 1. The van der Waals surface area contributed by atoms with Gasteiger partial charge < -0.3 is 16.0 Å². The van der Waals surface area contributed by atoms with Crippen molar-refractivity contribution < 1.29 is 9.59 Å². The third kappa shape index (κ3) is 3.74. The number of amides is 2. The number of nitrogens with one attached hydrogen (secondary N) is 1. The predicted octanol–water partition coefficient (Wildman–Crippen LogP) is -0.682. The first-order valence-corrected chi connectivity index (χ1v) is 4.79. The average molecular weight is 201 g/mol. The maximum atomic E-state index is 11.4. The molecule has 1 atom stereocenters. The summed E-state index contributed by atoms with van der Waals surface area (Å²) in [5.74, 6) is -1.09. The molecule has 0 heterocycles. The van der Waals surface area contributed by atoms with Gasteiger partial charge in [-0.05, 0) is 13.3 Å². The molecule has 0 aliphatic rings. The Hall–Kier alpha value is -1.10. The Morgan fingerprint density at radius 2 is 2.07 bits per heavy atom. The molecule has 2 amide bonds. The normalized spacial score (nSPS) is 12.0. The summed E-state index contributed by atoms with van der Waals surface area (Å²) >= 11 is 0. The number of hydrogen-bond donors (Lipinski definition) is 2. The van der Waals surface area contributed by atoms with Crippen molar-refractivity contribution in [2.24, 2.45) is 5.73 Å². The van der Waals surface area contributed by atoms with Crippen LogP contribution < -0.4 is 11.1 Å². The second-order valence-electron chi connectivity index (χ2n) is 3.22. The van der Waals surface area contributed by atoms with E-state index in [0.29, 0.717) is 13.1 Å². The van der Waals surface area contributed by atoms with Crippen LogP contribution in [0.25, 0.3) is 0 Å². The van der Waals surface area contributed by atoms with Crippen LogP contribution in [0, 0.1) is 0 Å². The van der Waals surface area contributed by atoms with Gasteiger partial charge in [0.1, 0.15) is 0 Å². The summed E-state index contributed by atoms with van der Waals surface area (Å²) in [6.45, 7) is 4.53. The lowest BCUT2D eigenvalue weighted by Gasteiger charge is -2.22. The van der Waals surface area contributed by atoms with E-state index in [1.165, 1.54) is 4.90 Å². The lowest BCUT2D eigenvalue weighted by molar-refractivity contribution is -0.146. The molecule has 0 spiro atoms. The maximum absolute atomic E-state index is 11.4. The molecule has 0 saturated carbocycles. The molecule has 0 bridgehead atoms. The molecule has 0 aromatic heterocycles. The lowest BCUT2D eigenvalue weighted by Crippen LogP contribution is -2.45. The van der Waals surface area contributed by atoms with Crippen molar-refractivity contribution in [2.45, 2.75) is 26.3 Å². The van der Waals surface area contributed by atoms with Gasteiger partial charge in [-0.15, -0.1) is 0 Å². The monoisotopic (exact) mass is 201 g/mol. The zero-order chi connectivity index (χ0) is 11.1. The summed E-state index contributed by atoms with van der Waals surface area (Å²) < 4.78 is 0. The van der Waals surface area contributed by atoms with Gasteiger partial charge in [-0.3, -0.25) is 9.59 Å². The fourth-order valence-electron chi connectivity index (χ4n) is 0.896. The molecule has 5 heteroatoms. The Balaban J connectivity index is 4.10. The Morgan fingerprint density at radius 3 is 2.50 bits per heavy atom. The minimum absolute atomic E-state index is 0.0751. The number of hydrogen-bond acceptors (Lipinski definition) is 3. The molecule has 14 heavy (non-hydrogen) atoms. The fraction of sp³-hybridized carbons (Fsp3) is 0.778. The Kier molecular flexibility index (Phi) is 5.87. The van der Waals surface area contributed by atoms with E-state index in [1.807, 2.05) is 13.8 Å². The molecule has 0 aliphatic heterocycles. The van der Waals surface area contributed by atoms with Gasteiger partial charge in [-0.2, -0.15) is 0 Å².